The number of alkyl halides is 2. The predicted molar refractivity (Wildman–Crippen MR) is 78.8 cm³/mol. The van der Waals surface area contributed by atoms with Crippen LogP contribution in [0.2, 0.25) is 0 Å². The lowest BCUT2D eigenvalue weighted by Crippen LogP contribution is -2.48. The van der Waals surface area contributed by atoms with Crippen LogP contribution in [0.5, 0.6) is 0 Å². The van der Waals surface area contributed by atoms with Gasteiger partial charge in [-0.1, -0.05) is 41.5 Å². The number of carbonyl (C=O) groups is 1. The Bertz CT molecular complexity index is 520. The molecule has 0 aromatic carbocycles. The summed E-state index contributed by atoms with van der Waals surface area (Å²) in [6, 6.07) is 0. The zero-order valence-corrected chi connectivity index (χ0v) is 15.0. The Balaban J connectivity index is 5.79. The molecule has 1 atom stereocenters. The first kappa shape index (κ1) is 21.2. The lowest BCUT2D eigenvalue weighted by Gasteiger charge is -2.45. The number of hydrogen-bond donors (Lipinski definition) is 1. The molecule has 0 heterocycles. The number of rotatable bonds is 6. The second-order valence-corrected chi connectivity index (χ2v) is 9.06. The van der Waals surface area contributed by atoms with Crippen molar-refractivity contribution in [2.75, 3.05) is 0 Å². The first-order chi connectivity index (χ1) is 9.40. The van der Waals surface area contributed by atoms with Gasteiger partial charge < -0.3 is 4.74 Å². The Morgan fingerprint density at radius 3 is 1.77 bits per heavy atom. The van der Waals surface area contributed by atoms with Gasteiger partial charge in [0.1, 0.15) is 0 Å². The van der Waals surface area contributed by atoms with Gasteiger partial charge in [-0.2, -0.15) is 8.42 Å². The summed E-state index contributed by atoms with van der Waals surface area (Å²) < 4.78 is 60.4. The molecule has 0 amide bonds. The summed E-state index contributed by atoms with van der Waals surface area (Å²) in [7, 11) is -5.83. The molecule has 0 saturated heterocycles. The lowest BCUT2D eigenvalue weighted by molar-refractivity contribution is -0.213. The molecule has 0 bridgehead atoms. The van der Waals surface area contributed by atoms with Crippen LogP contribution in [0, 0.1) is 16.2 Å². The van der Waals surface area contributed by atoms with E-state index in [-0.39, 0.29) is 11.8 Å². The summed E-state index contributed by atoms with van der Waals surface area (Å²) in [6.07, 6.45) is 0.702. The molecule has 0 aliphatic heterocycles. The van der Waals surface area contributed by atoms with Crippen molar-refractivity contribution in [1.29, 1.82) is 0 Å². The Morgan fingerprint density at radius 1 is 1.09 bits per heavy atom. The van der Waals surface area contributed by atoms with Gasteiger partial charge >= 0.3 is 21.5 Å². The van der Waals surface area contributed by atoms with E-state index in [1.807, 2.05) is 20.8 Å². The Morgan fingerprint density at radius 2 is 1.50 bits per heavy atom. The molecule has 22 heavy (non-hydrogen) atoms. The van der Waals surface area contributed by atoms with E-state index in [0.717, 1.165) is 0 Å². The van der Waals surface area contributed by atoms with Gasteiger partial charge in [-0.15, -0.1) is 8.78 Å². The molecule has 0 rings (SSSR count). The fraction of sp³-hybridized carbons (Fsp3) is 0.929. The van der Waals surface area contributed by atoms with E-state index in [2.05, 4.69) is 4.74 Å². The van der Waals surface area contributed by atoms with Crippen LogP contribution in [0.25, 0.3) is 0 Å². The molecule has 0 fully saturated rings. The van der Waals surface area contributed by atoms with Gasteiger partial charge in [0.2, 0.25) is 0 Å². The third kappa shape index (κ3) is 4.62. The van der Waals surface area contributed by atoms with Gasteiger partial charge in [0.15, 0.2) is 0 Å². The average molecular weight is 344 g/mol. The highest BCUT2D eigenvalue weighted by atomic mass is 32.2. The van der Waals surface area contributed by atoms with Gasteiger partial charge in [-0.3, -0.25) is 9.35 Å². The van der Waals surface area contributed by atoms with Crippen molar-refractivity contribution in [1.82, 2.24) is 0 Å². The van der Waals surface area contributed by atoms with Crippen LogP contribution in [0.1, 0.15) is 61.3 Å². The normalized spacial score (nSPS) is 17.0. The minimum absolute atomic E-state index is 0.210. The van der Waals surface area contributed by atoms with E-state index >= 15 is 0 Å². The molecular weight excluding hydrogens is 318 g/mol. The quantitative estimate of drug-likeness (QED) is 0.585. The smallest absolute Gasteiger partial charge is 0.386 e. The Kier molecular flexibility index (Phi) is 5.82. The standard InChI is InChI=1S/C14H26F2O5S/c1-8-12(5,6)13(7,9-11(2,3)4)10(17)21-14(15,16)22(18,19)20/h8-9H2,1-7H3,(H,18,19,20). The predicted octanol–water partition coefficient (Wildman–Crippen LogP) is 3.85. The summed E-state index contributed by atoms with van der Waals surface area (Å²) >= 11 is 0. The molecular formula is C14H26F2O5S. The summed E-state index contributed by atoms with van der Waals surface area (Å²) in [6.45, 7) is 12.2. The molecule has 132 valence electrons. The van der Waals surface area contributed by atoms with Crippen LogP contribution in [-0.4, -0.2) is 24.4 Å². The molecule has 0 saturated carbocycles. The SMILES string of the molecule is CCC(C)(C)C(C)(CC(C)(C)C)C(=O)OC(F)(F)S(=O)(=O)O. The lowest BCUT2D eigenvalue weighted by atomic mass is 9.59. The third-order valence-corrected chi connectivity index (χ3v) is 4.91. The number of esters is 1. The Hall–Kier alpha value is -0.760. The first-order valence-electron chi connectivity index (χ1n) is 6.98. The number of carbonyl (C=O) groups excluding carboxylic acids is 1. The molecule has 0 radical (unpaired) electrons. The van der Waals surface area contributed by atoms with Crippen LogP contribution in [-0.2, 0) is 19.6 Å². The highest BCUT2D eigenvalue weighted by Gasteiger charge is 2.56. The summed E-state index contributed by atoms with van der Waals surface area (Å²) in [4.78, 5) is 12.3. The van der Waals surface area contributed by atoms with Crippen LogP contribution >= 0.6 is 0 Å². The third-order valence-electron chi connectivity index (χ3n) is 4.22. The summed E-state index contributed by atoms with van der Waals surface area (Å²) in [5.74, 6) is -1.35. The molecule has 0 aromatic rings. The van der Waals surface area contributed by atoms with Crippen molar-refractivity contribution in [3.8, 4) is 0 Å². The molecule has 0 spiro atoms. The van der Waals surface area contributed by atoms with Crippen molar-refractivity contribution in [3.05, 3.63) is 0 Å². The minimum atomic E-state index is -5.83. The molecule has 1 N–H and O–H groups in total. The van der Waals surface area contributed by atoms with Crippen molar-refractivity contribution in [3.63, 3.8) is 0 Å². The largest absolute Gasteiger partial charge is 0.536 e. The summed E-state index contributed by atoms with van der Waals surface area (Å²) in [5.41, 5.74) is -7.42. The fourth-order valence-electron chi connectivity index (χ4n) is 2.31. The van der Waals surface area contributed by atoms with Gasteiger partial charge in [0.25, 0.3) is 0 Å². The monoisotopic (exact) mass is 344 g/mol. The van der Waals surface area contributed by atoms with Crippen LogP contribution < -0.4 is 0 Å². The molecule has 0 aliphatic rings. The van der Waals surface area contributed by atoms with Crippen molar-refractivity contribution >= 4 is 16.1 Å². The van der Waals surface area contributed by atoms with E-state index in [1.165, 1.54) is 6.92 Å². The topological polar surface area (TPSA) is 80.7 Å². The second kappa shape index (κ2) is 6.03. The second-order valence-electron chi connectivity index (χ2n) is 7.63. The van der Waals surface area contributed by atoms with Crippen LogP contribution in [0.4, 0.5) is 8.78 Å². The van der Waals surface area contributed by atoms with Crippen molar-refractivity contribution in [2.45, 2.75) is 66.7 Å². The van der Waals surface area contributed by atoms with E-state index in [1.54, 1.807) is 20.8 Å². The Labute approximate surface area is 131 Å². The van der Waals surface area contributed by atoms with E-state index < -0.39 is 32.4 Å². The maximum Gasteiger partial charge on any atom is 0.536 e. The molecule has 8 heteroatoms. The maximum atomic E-state index is 13.4. The minimum Gasteiger partial charge on any atom is -0.386 e. The first-order valence-corrected chi connectivity index (χ1v) is 8.42. The zero-order chi connectivity index (χ0) is 18.2. The highest BCUT2D eigenvalue weighted by Crippen LogP contribution is 2.50. The van der Waals surface area contributed by atoms with Gasteiger partial charge in [-0.25, -0.2) is 0 Å². The van der Waals surface area contributed by atoms with Crippen molar-refractivity contribution in [2.24, 2.45) is 16.2 Å². The van der Waals surface area contributed by atoms with Gasteiger partial charge in [0.05, 0.1) is 5.41 Å². The number of hydrogen-bond acceptors (Lipinski definition) is 4. The fourth-order valence-corrected chi connectivity index (χ4v) is 2.49. The van der Waals surface area contributed by atoms with Crippen molar-refractivity contribution < 1.29 is 31.3 Å². The van der Waals surface area contributed by atoms with E-state index in [0.29, 0.717) is 6.42 Å². The molecule has 1 unspecified atom stereocenters. The van der Waals surface area contributed by atoms with Crippen LogP contribution in [0.15, 0.2) is 0 Å². The molecule has 0 aliphatic carbocycles. The average Bonchev–Trinajstić information content (AvgIpc) is 2.24. The molecule has 5 nitrogen and oxygen atoms in total. The van der Waals surface area contributed by atoms with E-state index in [4.69, 9.17) is 4.55 Å². The van der Waals surface area contributed by atoms with Gasteiger partial charge in [0, 0.05) is 0 Å². The van der Waals surface area contributed by atoms with Gasteiger partial charge in [-0.05, 0) is 30.6 Å². The van der Waals surface area contributed by atoms with E-state index in [9.17, 15) is 22.0 Å². The molecule has 0 aromatic heterocycles. The number of halogens is 2. The summed E-state index contributed by atoms with van der Waals surface area (Å²) in [5, 5.41) is 0. The number of ether oxygens (including phenoxy) is 1. The van der Waals surface area contributed by atoms with Crippen LogP contribution in [0.3, 0.4) is 0 Å². The highest BCUT2D eigenvalue weighted by molar-refractivity contribution is 7.86. The maximum absolute atomic E-state index is 13.4. The zero-order valence-electron chi connectivity index (χ0n) is 14.2.